The van der Waals surface area contributed by atoms with E-state index in [1.165, 1.54) is 4.90 Å². The third-order valence-electron chi connectivity index (χ3n) is 8.61. The minimum Gasteiger partial charge on any atom is -0.462 e. The van der Waals surface area contributed by atoms with E-state index in [1.807, 2.05) is 35.2 Å². The van der Waals surface area contributed by atoms with Crippen LogP contribution in [0.25, 0.3) is 15.6 Å². The minimum atomic E-state index is -1.03. The Kier molecular flexibility index (Phi) is 8.10. The number of amides is 1. The molecule has 0 bridgehead atoms. The van der Waals surface area contributed by atoms with Crippen molar-refractivity contribution in [3.8, 4) is 6.01 Å². The van der Waals surface area contributed by atoms with Gasteiger partial charge < -0.3 is 34.8 Å². The van der Waals surface area contributed by atoms with E-state index in [-0.39, 0.29) is 37.9 Å². The number of nitrogens with two attached hydrogens (primary N) is 1. The summed E-state index contributed by atoms with van der Waals surface area (Å²) in [6, 6.07) is 9.84. The second kappa shape index (κ2) is 12.1. The molecule has 3 aromatic rings. The van der Waals surface area contributed by atoms with Crippen LogP contribution in [0.4, 0.5) is 16.0 Å². The number of hydrogen-bond donors (Lipinski definition) is 1. The van der Waals surface area contributed by atoms with Crippen LogP contribution in [0, 0.1) is 6.57 Å². The first kappa shape index (κ1) is 28.8. The number of anilines is 2. The zero-order valence-corrected chi connectivity index (χ0v) is 24.2. The van der Waals surface area contributed by atoms with Gasteiger partial charge in [-0.1, -0.05) is 30.8 Å². The molecule has 224 valence electrons. The van der Waals surface area contributed by atoms with Gasteiger partial charge in [0.25, 0.3) is 5.91 Å². The van der Waals surface area contributed by atoms with Crippen LogP contribution in [-0.4, -0.2) is 89.1 Å². The lowest BCUT2D eigenvalue weighted by Crippen LogP contribution is -2.57. The van der Waals surface area contributed by atoms with E-state index in [4.69, 9.17) is 31.7 Å². The Morgan fingerprint density at radius 3 is 2.84 bits per heavy atom. The van der Waals surface area contributed by atoms with Gasteiger partial charge in [-0.05, 0) is 37.9 Å². The Hall–Kier alpha value is -4.34. The zero-order valence-electron chi connectivity index (χ0n) is 24.2. The fraction of sp³-hybridized carbons (Fsp3) is 0.452. The Labute approximate surface area is 249 Å². The van der Waals surface area contributed by atoms with Crippen molar-refractivity contribution in [3.05, 3.63) is 71.1 Å². The van der Waals surface area contributed by atoms with Crippen LogP contribution in [0.15, 0.2) is 42.7 Å². The van der Waals surface area contributed by atoms with Gasteiger partial charge in [0.05, 0.1) is 18.0 Å². The third-order valence-corrected chi connectivity index (χ3v) is 8.61. The molecule has 2 aromatic heterocycles. The van der Waals surface area contributed by atoms with Crippen molar-refractivity contribution in [2.75, 3.05) is 57.0 Å². The summed E-state index contributed by atoms with van der Waals surface area (Å²) in [4.78, 5) is 36.1. The standard InChI is InChI=1S/C31H35FN8O3/c1-19(32)30(41)40-12-11-39(16-22(40)15-34-2)29-24-18-42-26(28-23-9-5-4-7-20(23)13-27(33)36-28)14-25(24)35-31(37-29)43-17-21-8-6-10-38(21)3/h4-5,7,9,13,21-22,26H,1,6,8,10-12,14-18H2,3H3,(H2,33,36)/t21-,22-,26?/m0/s1. The number of rotatable bonds is 7. The summed E-state index contributed by atoms with van der Waals surface area (Å²) < 4.78 is 26.4. The first-order chi connectivity index (χ1) is 20.8. The van der Waals surface area contributed by atoms with E-state index in [2.05, 4.69) is 28.4 Å². The van der Waals surface area contributed by atoms with Gasteiger partial charge >= 0.3 is 6.01 Å². The van der Waals surface area contributed by atoms with Crippen LogP contribution in [-0.2, 0) is 22.6 Å². The maximum absolute atomic E-state index is 13.8. The molecule has 0 aliphatic carbocycles. The highest BCUT2D eigenvalue weighted by Crippen LogP contribution is 2.37. The molecular weight excluding hydrogens is 551 g/mol. The fourth-order valence-corrected chi connectivity index (χ4v) is 6.32. The predicted molar refractivity (Wildman–Crippen MR) is 160 cm³/mol. The molecular formula is C31H35FN8O3. The average molecular weight is 587 g/mol. The number of likely N-dealkylation sites (N-methyl/N-ethyl adjacent to an activating group) is 1. The Balaban J connectivity index is 1.34. The number of aromatic nitrogens is 3. The van der Waals surface area contributed by atoms with Gasteiger partial charge in [-0.15, -0.1) is 0 Å². The molecule has 3 aliphatic heterocycles. The van der Waals surface area contributed by atoms with Gasteiger partial charge in [0.1, 0.15) is 30.4 Å². The van der Waals surface area contributed by atoms with Gasteiger partial charge in [0.2, 0.25) is 6.54 Å². The highest BCUT2D eigenvalue weighted by molar-refractivity contribution is 5.91. The summed E-state index contributed by atoms with van der Waals surface area (Å²) in [5.74, 6) is -0.747. The molecule has 2 N–H and O–H groups in total. The predicted octanol–water partition coefficient (Wildman–Crippen LogP) is 3.31. The minimum absolute atomic E-state index is 0.0346. The number of nitrogen functional groups attached to an aromatic ring is 1. The molecule has 6 rings (SSSR count). The van der Waals surface area contributed by atoms with Crippen LogP contribution in [0.1, 0.15) is 35.9 Å². The first-order valence-electron chi connectivity index (χ1n) is 14.6. The summed E-state index contributed by atoms with van der Waals surface area (Å²) in [6.45, 7) is 13.3. The number of benzene rings is 1. The monoisotopic (exact) mass is 586 g/mol. The summed E-state index contributed by atoms with van der Waals surface area (Å²) in [6.07, 6.45) is 2.23. The Morgan fingerprint density at radius 2 is 2.07 bits per heavy atom. The molecule has 2 fully saturated rings. The average Bonchev–Trinajstić information content (AvgIpc) is 3.42. The van der Waals surface area contributed by atoms with Crippen molar-refractivity contribution < 1.29 is 18.7 Å². The van der Waals surface area contributed by atoms with E-state index in [0.29, 0.717) is 37.8 Å². The number of pyridine rings is 1. The molecule has 1 unspecified atom stereocenters. The maximum Gasteiger partial charge on any atom is 0.318 e. The molecule has 0 spiro atoms. The van der Waals surface area contributed by atoms with E-state index >= 15 is 0 Å². The summed E-state index contributed by atoms with van der Waals surface area (Å²) in [5, 5.41) is 1.96. The van der Waals surface area contributed by atoms with Crippen LogP contribution >= 0.6 is 0 Å². The van der Waals surface area contributed by atoms with Crippen molar-refractivity contribution in [3.63, 3.8) is 0 Å². The van der Waals surface area contributed by atoms with E-state index in [0.717, 1.165) is 47.1 Å². The van der Waals surface area contributed by atoms with Crippen LogP contribution in [0.3, 0.4) is 0 Å². The Bertz CT molecular complexity index is 1590. The topological polar surface area (TPSA) is 114 Å². The largest absolute Gasteiger partial charge is 0.462 e. The number of nitrogens with zero attached hydrogens (tertiary/aromatic N) is 7. The van der Waals surface area contributed by atoms with Gasteiger partial charge in [-0.25, -0.2) is 15.9 Å². The second-order valence-corrected chi connectivity index (χ2v) is 11.3. The first-order valence-corrected chi connectivity index (χ1v) is 14.6. The SMILES string of the molecule is [C-]#[N+]C[C@H]1CN(c2nc(OC[C@@H]3CCCN3C)nc3c2COC(c2nc(N)cc4ccccc24)C3)CCN1C(=O)C(=C)F. The van der Waals surface area contributed by atoms with Gasteiger partial charge in [0, 0.05) is 43.0 Å². The molecule has 0 radical (unpaired) electrons. The van der Waals surface area contributed by atoms with Crippen molar-refractivity contribution in [2.24, 2.45) is 0 Å². The second-order valence-electron chi connectivity index (χ2n) is 11.3. The summed E-state index contributed by atoms with van der Waals surface area (Å²) in [7, 11) is 2.09. The number of carbonyl (C=O) groups is 1. The van der Waals surface area contributed by atoms with E-state index in [9.17, 15) is 9.18 Å². The van der Waals surface area contributed by atoms with Gasteiger partial charge in [-0.3, -0.25) is 4.79 Å². The van der Waals surface area contributed by atoms with Crippen molar-refractivity contribution in [1.29, 1.82) is 0 Å². The third kappa shape index (κ3) is 5.83. The smallest absolute Gasteiger partial charge is 0.318 e. The molecule has 3 atom stereocenters. The highest BCUT2D eigenvalue weighted by atomic mass is 19.1. The van der Waals surface area contributed by atoms with E-state index < -0.39 is 17.8 Å². The molecule has 1 amide bonds. The number of likely N-dealkylation sites (tertiary alicyclic amines) is 1. The van der Waals surface area contributed by atoms with Gasteiger partial charge in [0.15, 0.2) is 5.83 Å². The Morgan fingerprint density at radius 1 is 1.23 bits per heavy atom. The maximum atomic E-state index is 13.8. The normalized spacial score (nSPS) is 22.3. The quantitative estimate of drug-likeness (QED) is 0.329. The number of hydrogen-bond acceptors (Lipinski definition) is 9. The van der Waals surface area contributed by atoms with Crippen molar-refractivity contribution in [2.45, 2.75) is 44.1 Å². The number of piperazine rings is 1. The number of carbonyl (C=O) groups excluding carboxylic acids is 1. The van der Waals surface area contributed by atoms with Gasteiger partial charge in [-0.2, -0.15) is 9.97 Å². The van der Waals surface area contributed by atoms with Crippen molar-refractivity contribution >= 4 is 28.3 Å². The summed E-state index contributed by atoms with van der Waals surface area (Å²) in [5.41, 5.74) is 8.55. The fourth-order valence-electron chi connectivity index (χ4n) is 6.32. The lowest BCUT2D eigenvalue weighted by atomic mass is 9.98. The van der Waals surface area contributed by atoms with Crippen LogP contribution in [0.5, 0.6) is 6.01 Å². The molecule has 12 heteroatoms. The number of ether oxygens (including phenoxy) is 2. The molecule has 1 aromatic carbocycles. The molecule has 11 nitrogen and oxygen atoms in total. The number of fused-ring (bicyclic) bond motifs is 2. The van der Waals surface area contributed by atoms with Crippen molar-refractivity contribution in [1.82, 2.24) is 24.8 Å². The lowest BCUT2D eigenvalue weighted by Gasteiger charge is -2.40. The zero-order chi connectivity index (χ0) is 30.1. The highest BCUT2D eigenvalue weighted by Gasteiger charge is 2.37. The van der Waals surface area contributed by atoms with E-state index in [1.54, 1.807) is 0 Å². The molecule has 2 saturated heterocycles. The molecule has 0 saturated carbocycles. The van der Waals surface area contributed by atoms with Crippen LogP contribution in [0.2, 0.25) is 0 Å². The lowest BCUT2D eigenvalue weighted by molar-refractivity contribution is -0.131. The number of halogens is 1. The molecule has 43 heavy (non-hydrogen) atoms. The molecule has 5 heterocycles. The molecule has 3 aliphatic rings. The summed E-state index contributed by atoms with van der Waals surface area (Å²) >= 11 is 0. The van der Waals surface area contributed by atoms with Crippen LogP contribution < -0.4 is 15.4 Å².